The summed E-state index contributed by atoms with van der Waals surface area (Å²) >= 11 is 1.37. The highest BCUT2D eigenvalue weighted by Crippen LogP contribution is 2.34. The molecule has 0 fully saturated rings. The molecule has 1 N–H and O–H groups in total. The van der Waals surface area contributed by atoms with Crippen molar-refractivity contribution in [1.82, 2.24) is 4.98 Å². The van der Waals surface area contributed by atoms with Crippen LogP contribution in [-0.4, -0.2) is 30.2 Å². The van der Waals surface area contributed by atoms with Gasteiger partial charge in [-0.25, -0.2) is 13.4 Å². The molecule has 1 unspecified atom stereocenters. The highest BCUT2D eigenvalue weighted by molar-refractivity contribution is 7.92. The third-order valence-electron chi connectivity index (χ3n) is 2.28. The van der Waals surface area contributed by atoms with Gasteiger partial charge in [0.05, 0.1) is 16.5 Å². The first-order chi connectivity index (χ1) is 6.92. The van der Waals surface area contributed by atoms with Gasteiger partial charge in [0, 0.05) is 4.88 Å². The van der Waals surface area contributed by atoms with Crippen LogP contribution in [0.4, 0.5) is 0 Å². The average molecular weight is 247 g/mol. The van der Waals surface area contributed by atoms with Crippen molar-refractivity contribution in [2.24, 2.45) is 0 Å². The molecule has 0 radical (unpaired) electrons. The largest absolute Gasteiger partial charge is 0.480 e. The molecule has 15 heavy (non-hydrogen) atoms. The van der Waals surface area contributed by atoms with E-state index in [1.807, 2.05) is 0 Å². The number of rotatable bonds is 1. The standard InChI is InChI=1S/C8H9NO4S2/c1-4-9-6-5(14-4)2-3-15(12,13)7(6)8(10)11/h7H,2-3H2,1H3,(H,10,11). The zero-order valence-corrected chi connectivity index (χ0v) is 9.56. The van der Waals surface area contributed by atoms with Gasteiger partial charge in [-0.15, -0.1) is 11.3 Å². The molecule has 1 aromatic rings. The van der Waals surface area contributed by atoms with E-state index in [-0.39, 0.29) is 11.4 Å². The van der Waals surface area contributed by atoms with E-state index in [4.69, 9.17) is 5.11 Å². The summed E-state index contributed by atoms with van der Waals surface area (Å²) in [6, 6.07) is 0. The summed E-state index contributed by atoms with van der Waals surface area (Å²) in [5.74, 6) is -1.43. The van der Waals surface area contributed by atoms with E-state index in [1.54, 1.807) is 6.92 Å². The Balaban J connectivity index is 2.62. The lowest BCUT2D eigenvalue weighted by atomic mass is 10.2. The molecule has 2 heterocycles. The van der Waals surface area contributed by atoms with Crippen molar-refractivity contribution in [2.75, 3.05) is 5.75 Å². The summed E-state index contributed by atoms with van der Waals surface area (Å²) in [5.41, 5.74) is 0.219. The minimum Gasteiger partial charge on any atom is -0.480 e. The second kappa shape index (κ2) is 3.28. The number of aromatic nitrogens is 1. The Morgan fingerprint density at radius 2 is 2.27 bits per heavy atom. The molecule has 2 rings (SSSR count). The summed E-state index contributed by atoms with van der Waals surface area (Å²) in [6.45, 7) is 1.74. The third-order valence-corrected chi connectivity index (χ3v) is 5.24. The number of carboxylic acids is 1. The van der Waals surface area contributed by atoms with Gasteiger partial charge in [0.15, 0.2) is 9.84 Å². The summed E-state index contributed by atoms with van der Waals surface area (Å²) in [5, 5.41) is 8.16. The molecule has 0 aliphatic carbocycles. The van der Waals surface area contributed by atoms with Gasteiger partial charge in [-0.05, 0) is 13.3 Å². The SMILES string of the molecule is Cc1nc2c(s1)CCS(=O)(=O)C2C(=O)O. The van der Waals surface area contributed by atoms with Crippen LogP contribution in [0.5, 0.6) is 0 Å². The monoisotopic (exact) mass is 247 g/mol. The van der Waals surface area contributed by atoms with E-state index in [0.717, 1.165) is 4.88 Å². The molecule has 1 aromatic heterocycles. The highest BCUT2D eigenvalue weighted by atomic mass is 32.2. The quantitative estimate of drug-likeness (QED) is 0.783. The number of thiazole rings is 1. The molecule has 0 spiro atoms. The fraction of sp³-hybridized carbons (Fsp3) is 0.500. The van der Waals surface area contributed by atoms with E-state index < -0.39 is 21.1 Å². The molecule has 0 amide bonds. The number of hydrogen-bond acceptors (Lipinski definition) is 5. The first-order valence-corrected chi connectivity index (χ1v) is 6.85. The molecule has 0 bridgehead atoms. The predicted molar refractivity (Wildman–Crippen MR) is 54.7 cm³/mol. The van der Waals surface area contributed by atoms with Gasteiger partial charge >= 0.3 is 5.97 Å². The number of aryl methyl sites for hydroxylation is 2. The second-order valence-corrected chi connectivity index (χ2v) is 6.87. The Bertz CT molecular complexity index is 517. The number of sulfone groups is 1. The van der Waals surface area contributed by atoms with E-state index in [0.29, 0.717) is 11.4 Å². The normalized spacial score (nSPS) is 23.4. The number of hydrogen-bond donors (Lipinski definition) is 1. The number of carboxylic acid groups (broad SMARTS) is 1. The lowest BCUT2D eigenvalue weighted by Gasteiger charge is -2.17. The molecule has 7 heteroatoms. The van der Waals surface area contributed by atoms with Crippen LogP contribution in [0.3, 0.4) is 0 Å². The van der Waals surface area contributed by atoms with Gasteiger partial charge in [0.25, 0.3) is 0 Å². The maximum absolute atomic E-state index is 11.6. The molecule has 1 aliphatic heterocycles. The van der Waals surface area contributed by atoms with Crippen LogP contribution in [-0.2, 0) is 21.1 Å². The molecule has 82 valence electrons. The summed E-state index contributed by atoms with van der Waals surface area (Å²) in [6.07, 6.45) is 0.382. The van der Waals surface area contributed by atoms with Gasteiger partial charge in [-0.2, -0.15) is 0 Å². The molecule has 5 nitrogen and oxygen atoms in total. The lowest BCUT2D eigenvalue weighted by molar-refractivity contribution is -0.136. The zero-order chi connectivity index (χ0) is 11.2. The van der Waals surface area contributed by atoms with Gasteiger partial charge in [0.2, 0.25) is 5.25 Å². The number of aliphatic carboxylic acids is 1. The van der Waals surface area contributed by atoms with Crippen LogP contribution in [0.1, 0.15) is 20.8 Å². The average Bonchev–Trinajstić information content (AvgIpc) is 2.42. The van der Waals surface area contributed by atoms with Crippen molar-refractivity contribution >= 4 is 27.1 Å². The van der Waals surface area contributed by atoms with Crippen LogP contribution in [0.25, 0.3) is 0 Å². The minimum atomic E-state index is -3.58. The molecule has 1 aliphatic rings. The van der Waals surface area contributed by atoms with E-state index in [2.05, 4.69) is 4.98 Å². The Morgan fingerprint density at radius 3 is 2.87 bits per heavy atom. The predicted octanol–water partition coefficient (Wildman–Crippen LogP) is 0.548. The van der Waals surface area contributed by atoms with Gasteiger partial charge < -0.3 is 5.11 Å². The Morgan fingerprint density at radius 1 is 1.60 bits per heavy atom. The van der Waals surface area contributed by atoms with Crippen LogP contribution in [0.15, 0.2) is 0 Å². The zero-order valence-electron chi connectivity index (χ0n) is 7.93. The number of nitrogens with zero attached hydrogens (tertiary/aromatic N) is 1. The molecule has 0 aromatic carbocycles. The maximum Gasteiger partial charge on any atom is 0.328 e. The van der Waals surface area contributed by atoms with Crippen LogP contribution in [0, 0.1) is 6.92 Å². The first kappa shape index (κ1) is 10.6. The summed E-state index contributed by atoms with van der Waals surface area (Å²) < 4.78 is 23.2. The molecular formula is C8H9NO4S2. The first-order valence-electron chi connectivity index (χ1n) is 4.32. The van der Waals surface area contributed by atoms with Crippen LogP contribution < -0.4 is 0 Å². The van der Waals surface area contributed by atoms with Gasteiger partial charge in [-0.1, -0.05) is 0 Å². The van der Waals surface area contributed by atoms with Gasteiger partial charge in [-0.3, -0.25) is 4.79 Å². The second-order valence-electron chi connectivity index (χ2n) is 3.38. The van der Waals surface area contributed by atoms with E-state index in [9.17, 15) is 13.2 Å². The van der Waals surface area contributed by atoms with Crippen LogP contribution in [0.2, 0.25) is 0 Å². The fourth-order valence-electron chi connectivity index (χ4n) is 1.66. The lowest BCUT2D eigenvalue weighted by Crippen LogP contribution is -2.30. The number of fused-ring (bicyclic) bond motifs is 1. The topological polar surface area (TPSA) is 84.3 Å². The van der Waals surface area contributed by atoms with Crippen molar-refractivity contribution in [3.05, 3.63) is 15.6 Å². The smallest absolute Gasteiger partial charge is 0.328 e. The summed E-state index contributed by atoms with van der Waals surface area (Å²) in [7, 11) is -3.58. The van der Waals surface area contributed by atoms with Crippen molar-refractivity contribution in [1.29, 1.82) is 0 Å². The van der Waals surface area contributed by atoms with Crippen LogP contribution >= 0.6 is 11.3 Å². The summed E-state index contributed by atoms with van der Waals surface area (Å²) in [4.78, 5) is 15.7. The minimum absolute atomic E-state index is 0.0986. The van der Waals surface area contributed by atoms with Crippen molar-refractivity contribution in [2.45, 2.75) is 18.6 Å². The molecule has 1 atom stereocenters. The Labute approximate surface area is 90.7 Å². The van der Waals surface area contributed by atoms with Crippen molar-refractivity contribution in [3.63, 3.8) is 0 Å². The van der Waals surface area contributed by atoms with E-state index >= 15 is 0 Å². The highest BCUT2D eigenvalue weighted by Gasteiger charge is 2.41. The number of carbonyl (C=O) groups is 1. The van der Waals surface area contributed by atoms with E-state index in [1.165, 1.54) is 11.3 Å². The fourth-order valence-corrected chi connectivity index (χ4v) is 4.41. The van der Waals surface area contributed by atoms with Crippen molar-refractivity contribution < 1.29 is 18.3 Å². The molecule has 0 saturated carbocycles. The Kier molecular flexibility index (Phi) is 2.31. The van der Waals surface area contributed by atoms with Gasteiger partial charge in [0.1, 0.15) is 0 Å². The van der Waals surface area contributed by atoms with Crippen molar-refractivity contribution in [3.8, 4) is 0 Å². The molecule has 0 saturated heterocycles. The Hall–Kier alpha value is -0.950. The molecular weight excluding hydrogens is 238 g/mol. The maximum atomic E-state index is 11.6. The third kappa shape index (κ3) is 1.65.